The fourth-order valence-corrected chi connectivity index (χ4v) is 5.43. The second kappa shape index (κ2) is 11.9. The van der Waals surface area contributed by atoms with E-state index in [1.54, 1.807) is 11.6 Å². The average Bonchev–Trinajstić information content (AvgIpc) is 3.31. The van der Waals surface area contributed by atoms with Crippen molar-refractivity contribution >= 4 is 15.9 Å². The number of rotatable bonds is 9. The van der Waals surface area contributed by atoms with Gasteiger partial charge in [-0.1, -0.05) is 30.3 Å². The maximum absolute atomic E-state index is 11.7. The molecule has 40 heavy (non-hydrogen) atoms. The van der Waals surface area contributed by atoms with E-state index in [2.05, 4.69) is 16.1 Å². The van der Waals surface area contributed by atoms with Crippen molar-refractivity contribution in [1.29, 1.82) is 5.26 Å². The molecular weight excluding hydrogens is 526 g/mol. The highest BCUT2D eigenvalue weighted by Crippen LogP contribution is 2.31. The summed E-state index contributed by atoms with van der Waals surface area (Å²) in [7, 11) is -3.43. The third kappa shape index (κ3) is 6.34. The molecule has 10 heteroatoms. The minimum atomic E-state index is -3.43. The fraction of sp³-hybridized carbons (Fsp3) is 0.267. The van der Waals surface area contributed by atoms with Gasteiger partial charge in [0.15, 0.2) is 0 Å². The Kier molecular flexibility index (Phi) is 8.16. The lowest BCUT2D eigenvalue weighted by atomic mass is 10.1. The van der Waals surface area contributed by atoms with Gasteiger partial charge in [-0.2, -0.15) is 18.8 Å². The fourth-order valence-electron chi connectivity index (χ4n) is 4.69. The number of aromatic nitrogens is 2. The number of para-hydroxylation sites is 1. The molecule has 1 aliphatic heterocycles. The van der Waals surface area contributed by atoms with Gasteiger partial charge in [0.25, 0.3) is 10.1 Å². The summed E-state index contributed by atoms with van der Waals surface area (Å²) in [6.45, 7) is 3.87. The monoisotopic (exact) mass is 557 g/mol. The van der Waals surface area contributed by atoms with Crippen LogP contribution < -0.4 is 10.5 Å². The second-order valence-corrected chi connectivity index (χ2v) is 11.5. The third-order valence-corrected chi connectivity index (χ3v) is 8.17. The number of anilines is 1. The van der Waals surface area contributed by atoms with Crippen LogP contribution in [0.15, 0.2) is 78.9 Å². The minimum Gasteiger partial charge on any atom is -0.457 e. The topological polar surface area (TPSA) is 123 Å². The molecule has 5 rings (SSSR count). The Morgan fingerprint density at radius 1 is 0.975 bits per heavy atom. The van der Waals surface area contributed by atoms with Gasteiger partial charge in [-0.15, -0.1) is 0 Å². The molecule has 206 valence electrons. The third-order valence-electron chi connectivity index (χ3n) is 6.90. The molecule has 4 aromatic rings. The Bertz CT molecular complexity index is 1590. The number of benzene rings is 3. The number of piperidine rings is 1. The molecule has 2 N–H and O–H groups in total. The van der Waals surface area contributed by atoms with Crippen molar-refractivity contribution in [3.63, 3.8) is 0 Å². The van der Waals surface area contributed by atoms with E-state index in [0.717, 1.165) is 42.2 Å². The summed E-state index contributed by atoms with van der Waals surface area (Å²) in [4.78, 5) is 2.28. The summed E-state index contributed by atoms with van der Waals surface area (Å²) >= 11 is 0. The van der Waals surface area contributed by atoms with Gasteiger partial charge in [-0.05, 0) is 73.9 Å². The first-order chi connectivity index (χ1) is 19.3. The Hall–Kier alpha value is -4.17. The highest BCUT2D eigenvalue weighted by Gasteiger charge is 2.24. The van der Waals surface area contributed by atoms with Crippen LogP contribution in [-0.2, 0) is 20.8 Å². The lowest BCUT2D eigenvalue weighted by Crippen LogP contribution is -2.37. The minimum absolute atomic E-state index is 0.00627. The first-order valence-electron chi connectivity index (χ1n) is 13.2. The molecule has 0 spiro atoms. The van der Waals surface area contributed by atoms with Gasteiger partial charge >= 0.3 is 0 Å². The summed E-state index contributed by atoms with van der Waals surface area (Å²) in [6, 6.07) is 27.0. The molecule has 0 amide bonds. The van der Waals surface area contributed by atoms with Crippen molar-refractivity contribution < 1.29 is 17.3 Å². The summed E-state index contributed by atoms with van der Waals surface area (Å²) in [6.07, 6.45) is 1.11. The first kappa shape index (κ1) is 27.4. The molecular formula is C30H31N5O4S. The van der Waals surface area contributed by atoms with Gasteiger partial charge in [-0.25, -0.2) is 4.68 Å². The summed E-state index contributed by atoms with van der Waals surface area (Å²) < 4.78 is 36.2. The van der Waals surface area contributed by atoms with Crippen LogP contribution >= 0.6 is 0 Å². The lowest BCUT2D eigenvalue weighted by Gasteiger charge is -2.31. The number of hydrogen-bond donors (Lipinski definition) is 1. The zero-order chi connectivity index (χ0) is 28.1. The molecule has 0 unspecified atom stereocenters. The van der Waals surface area contributed by atoms with E-state index in [-0.39, 0.29) is 17.7 Å². The van der Waals surface area contributed by atoms with Crippen LogP contribution in [0.3, 0.4) is 0 Å². The Balaban J connectivity index is 1.26. The molecule has 2 heterocycles. The number of nitriles is 1. The maximum atomic E-state index is 11.7. The Labute approximate surface area is 234 Å². The molecule has 1 aliphatic rings. The first-order valence-corrected chi connectivity index (χ1v) is 14.8. The molecule has 0 saturated carbocycles. The zero-order valence-corrected chi connectivity index (χ0v) is 23.0. The van der Waals surface area contributed by atoms with Crippen LogP contribution in [-0.4, -0.2) is 48.0 Å². The van der Waals surface area contributed by atoms with E-state index < -0.39 is 10.1 Å². The van der Waals surface area contributed by atoms with E-state index in [1.807, 2.05) is 78.9 Å². The van der Waals surface area contributed by atoms with E-state index >= 15 is 0 Å². The average molecular weight is 558 g/mol. The molecule has 9 nitrogen and oxygen atoms in total. The molecule has 0 aliphatic carbocycles. The number of ether oxygens (including phenoxy) is 1. The van der Waals surface area contributed by atoms with Crippen LogP contribution in [0.1, 0.15) is 30.9 Å². The van der Waals surface area contributed by atoms with E-state index in [4.69, 9.17) is 14.7 Å². The Morgan fingerprint density at radius 3 is 2.25 bits per heavy atom. The van der Waals surface area contributed by atoms with Gasteiger partial charge in [0.1, 0.15) is 34.6 Å². The summed E-state index contributed by atoms with van der Waals surface area (Å²) in [5.41, 5.74) is 9.81. The van der Waals surface area contributed by atoms with Gasteiger partial charge < -0.3 is 10.5 Å². The molecule has 0 atom stereocenters. The summed E-state index contributed by atoms with van der Waals surface area (Å²) in [5, 5.41) is 14.5. The van der Waals surface area contributed by atoms with Crippen LogP contribution in [0.2, 0.25) is 0 Å². The van der Waals surface area contributed by atoms with Crippen molar-refractivity contribution in [2.75, 3.05) is 24.6 Å². The van der Waals surface area contributed by atoms with Gasteiger partial charge in [-0.3, -0.25) is 9.08 Å². The lowest BCUT2D eigenvalue weighted by molar-refractivity contribution is 0.102. The Morgan fingerprint density at radius 2 is 1.62 bits per heavy atom. The quantitative estimate of drug-likeness (QED) is 0.282. The van der Waals surface area contributed by atoms with Gasteiger partial charge in [0.05, 0.1) is 17.5 Å². The van der Waals surface area contributed by atoms with E-state index in [0.29, 0.717) is 29.8 Å². The standard InChI is InChI=1S/C30H31N5O4S/c1-2-40(36,37)39-27-16-18-34(19-17-27)21-22-8-12-24(13-9-22)35-30(32)28(20-31)29(33-35)23-10-14-26(15-11-23)38-25-6-4-3-5-7-25/h3-15,27H,2,16-19,21,32H2,1H3. The largest absolute Gasteiger partial charge is 0.457 e. The number of nitrogens with zero attached hydrogens (tertiary/aromatic N) is 4. The zero-order valence-electron chi connectivity index (χ0n) is 22.2. The molecule has 1 saturated heterocycles. The van der Waals surface area contributed by atoms with E-state index in [9.17, 15) is 13.7 Å². The molecule has 0 radical (unpaired) electrons. The molecule has 0 bridgehead atoms. The van der Waals surface area contributed by atoms with Crippen molar-refractivity contribution in [2.45, 2.75) is 32.4 Å². The van der Waals surface area contributed by atoms with Crippen molar-refractivity contribution in [1.82, 2.24) is 14.7 Å². The van der Waals surface area contributed by atoms with E-state index in [1.165, 1.54) is 0 Å². The molecule has 1 fully saturated rings. The SMILES string of the molecule is CCS(=O)(=O)OC1CCN(Cc2ccc(-n3nc(-c4ccc(Oc5ccccc5)cc4)c(C#N)c3N)cc2)CC1. The van der Waals surface area contributed by atoms with Crippen molar-refractivity contribution in [3.05, 3.63) is 90.0 Å². The smallest absolute Gasteiger partial charge is 0.267 e. The number of nitrogen functional groups attached to an aromatic ring is 1. The number of likely N-dealkylation sites (tertiary alicyclic amines) is 1. The van der Waals surface area contributed by atoms with Crippen molar-refractivity contribution in [3.8, 4) is 34.5 Å². The van der Waals surface area contributed by atoms with Crippen LogP contribution in [0.4, 0.5) is 5.82 Å². The van der Waals surface area contributed by atoms with Gasteiger partial charge in [0.2, 0.25) is 0 Å². The number of nitrogens with two attached hydrogens (primary N) is 1. The van der Waals surface area contributed by atoms with Crippen LogP contribution in [0.25, 0.3) is 16.9 Å². The maximum Gasteiger partial charge on any atom is 0.267 e. The number of hydrogen-bond acceptors (Lipinski definition) is 8. The predicted molar refractivity (Wildman–Crippen MR) is 153 cm³/mol. The summed E-state index contributed by atoms with van der Waals surface area (Å²) in [5.74, 6) is 1.69. The predicted octanol–water partition coefficient (Wildman–Crippen LogP) is 5.12. The molecule has 3 aromatic carbocycles. The van der Waals surface area contributed by atoms with Gasteiger partial charge in [0, 0.05) is 25.2 Å². The second-order valence-electron chi connectivity index (χ2n) is 9.66. The van der Waals surface area contributed by atoms with Crippen LogP contribution in [0.5, 0.6) is 11.5 Å². The molecule has 1 aromatic heterocycles. The highest BCUT2D eigenvalue weighted by molar-refractivity contribution is 7.86. The normalized spacial score (nSPS) is 14.6. The van der Waals surface area contributed by atoms with Crippen LogP contribution in [0, 0.1) is 11.3 Å². The van der Waals surface area contributed by atoms with Crippen molar-refractivity contribution in [2.24, 2.45) is 0 Å². The highest BCUT2D eigenvalue weighted by atomic mass is 32.2.